The lowest BCUT2D eigenvalue weighted by molar-refractivity contribution is 0.589. The van der Waals surface area contributed by atoms with Crippen LogP contribution in [-0.2, 0) is 6.42 Å². The Kier molecular flexibility index (Phi) is 5.51. The van der Waals surface area contributed by atoms with Gasteiger partial charge in [0.1, 0.15) is 6.07 Å². The van der Waals surface area contributed by atoms with Gasteiger partial charge in [-0.1, -0.05) is 43.7 Å². The van der Waals surface area contributed by atoms with Crippen LogP contribution in [0.4, 0.5) is 5.69 Å². The third-order valence-corrected chi connectivity index (χ3v) is 5.58. The molecule has 0 amide bonds. The standard InChI is InChI=1S/C25H28N4/c1-17(2)14-24-22(16-26)25(19-6-4-18(3)5-7-19)21-15-20(8-9-23(21)28-24)29-12-10-27-11-13-29/h4-9,15,17,27H,10-14H2,1-3H3. The van der Waals surface area contributed by atoms with Crippen molar-refractivity contribution in [2.75, 3.05) is 31.1 Å². The second kappa shape index (κ2) is 8.23. The summed E-state index contributed by atoms with van der Waals surface area (Å²) in [5.41, 5.74) is 7.11. The minimum absolute atomic E-state index is 0.443. The predicted molar refractivity (Wildman–Crippen MR) is 120 cm³/mol. The zero-order valence-electron chi connectivity index (χ0n) is 17.5. The number of aryl methyl sites for hydroxylation is 1. The summed E-state index contributed by atoms with van der Waals surface area (Å²) in [5, 5.41) is 14.6. The van der Waals surface area contributed by atoms with Crippen LogP contribution in [0.2, 0.25) is 0 Å². The number of piperazine rings is 1. The van der Waals surface area contributed by atoms with E-state index in [2.05, 4.69) is 79.5 Å². The third kappa shape index (κ3) is 3.97. The van der Waals surface area contributed by atoms with Gasteiger partial charge in [0.15, 0.2) is 0 Å². The van der Waals surface area contributed by atoms with Gasteiger partial charge in [0.25, 0.3) is 0 Å². The van der Waals surface area contributed by atoms with Crippen LogP contribution < -0.4 is 10.2 Å². The van der Waals surface area contributed by atoms with Gasteiger partial charge in [-0.05, 0) is 43.0 Å². The molecule has 0 bridgehead atoms. The highest BCUT2D eigenvalue weighted by molar-refractivity contribution is 5.99. The first-order valence-corrected chi connectivity index (χ1v) is 10.5. The number of nitrogens with zero attached hydrogens (tertiary/aromatic N) is 3. The number of rotatable bonds is 4. The van der Waals surface area contributed by atoms with Gasteiger partial charge in [0, 0.05) is 42.8 Å². The summed E-state index contributed by atoms with van der Waals surface area (Å²) < 4.78 is 0. The minimum Gasteiger partial charge on any atom is -0.369 e. The molecule has 1 saturated heterocycles. The molecule has 3 aromatic rings. The van der Waals surface area contributed by atoms with Crippen molar-refractivity contribution in [2.45, 2.75) is 27.2 Å². The molecule has 1 fully saturated rings. The molecule has 0 saturated carbocycles. The molecule has 1 aliphatic rings. The van der Waals surface area contributed by atoms with Crippen LogP contribution in [0.25, 0.3) is 22.0 Å². The van der Waals surface area contributed by atoms with Crippen LogP contribution in [0, 0.1) is 24.2 Å². The van der Waals surface area contributed by atoms with Crippen molar-refractivity contribution in [3.8, 4) is 17.2 Å². The molecule has 29 heavy (non-hydrogen) atoms. The lowest BCUT2D eigenvalue weighted by atomic mass is 9.91. The van der Waals surface area contributed by atoms with E-state index in [9.17, 15) is 5.26 Å². The fourth-order valence-electron chi connectivity index (χ4n) is 4.10. The Morgan fingerprint density at radius 1 is 1.10 bits per heavy atom. The van der Waals surface area contributed by atoms with E-state index in [-0.39, 0.29) is 0 Å². The van der Waals surface area contributed by atoms with Gasteiger partial charge in [0.05, 0.1) is 16.8 Å². The van der Waals surface area contributed by atoms with Crippen LogP contribution >= 0.6 is 0 Å². The van der Waals surface area contributed by atoms with Gasteiger partial charge in [-0.3, -0.25) is 4.98 Å². The number of aromatic nitrogens is 1. The van der Waals surface area contributed by atoms with Crippen LogP contribution in [0.1, 0.15) is 30.7 Å². The van der Waals surface area contributed by atoms with Crippen LogP contribution in [0.3, 0.4) is 0 Å². The molecule has 4 heteroatoms. The van der Waals surface area contributed by atoms with E-state index in [1.807, 2.05) is 0 Å². The highest BCUT2D eigenvalue weighted by Gasteiger charge is 2.19. The van der Waals surface area contributed by atoms with Crippen LogP contribution in [0.5, 0.6) is 0 Å². The molecule has 1 aliphatic heterocycles. The Morgan fingerprint density at radius 3 is 2.48 bits per heavy atom. The Morgan fingerprint density at radius 2 is 1.83 bits per heavy atom. The molecule has 148 valence electrons. The van der Waals surface area contributed by atoms with E-state index >= 15 is 0 Å². The number of nitrogens with one attached hydrogen (secondary N) is 1. The molecule has 1 N–H and O–H groups in total. The molecule has 4 nitrogen and oxygen atoms in total. The highest BCUT2D eigenvalue weighted by Crippen LogP contribution is 2.36. The van der Waals surface area contributed by atoms with Crippen molar-refractivity contribution < 1.29 is 0 Å². The molecular weight excluding hydrogens is 356 g/mol. The SMILES string of the molecule is Cc1ccc(-c2c(C#N)c(CC(C)C)nc3ccc(N4CCNCC4)cc23)cc1. The van der Waals surface area contributed by atoms with Crippen molar-refractivity contribution in [1.82, 2.24) is 10.3 Å². The molecule has 0 unspecified atom stereocenters. The first-order valence-electron chi connectivity index (χ1n) is 10.5. The summed E-state index contributed by atoms with van der Waals surface area (Å²) in [4.78, 5) is 7.33. The molecule has 2 aromatic carbocycles. The van der Waals surface area contributed by atoms with E-state index < -0.39 is 0 Å². The van der Waals surface area contributed by atoms with Gasteiger partial charge in [0.2, 0.25) is 0 Å². The zero-order chi connectivity index (χ0) is 20.4. The quantitative estimate of drug-likeness (QED) is 0.709. The normalized spacial score (nSPS) is 14.4. The Hall–Kier alpha value is -2.90. The van der Waals surface area contributed by atoms with Gasteiger partial charge >= 0.3 is 0 Å². The third-order valence-electron chi connectivity index (χ3n) is 5.58. The summed E-state index contributed by atoms with van der Waals surface area (Å²) in [6.45, 7) is 10.4. The van der Waals surface area contributed by atoms with E-state index in [0.29, 0.717) is 11.5 Å². The number of pyridine rings is 1. The molecule has 1 aromatic heterocycles. The average Bonchev–Trinajstić information content (AvgIpc) is 2.73. The molecule has 2 heterocycles. The largest absolute Gasteiger partial charge is 0.369 e. The number of anilines is 1. The van der Waals surface area contributed by atoms with E-state index in [4.69, 9.17) is 4.98 Å². The Balaban J connectivity index is 1.96. The fraction of sp³-hybridized carbons (Fsp3) is 0.360. The summed E-state index contributed by atoms with van der Waals surface area (Å²) in [6, 6.07) is 17.5. The molecular formula is C25H28N4. The Bertz CT molecular complexity index is 1050. The maximum absolute atomic E-state index is 10.1. The summed E-state index contributed by atoms with van der Waals surface area (Å²) in [5.74, 6) is 0.443. The summed E-state index contributed by atoms with van der Waals surface area (Å²) in [7, 11) is 0. The predicted octanol–water partition coefficient (Wildman–Crippen LogP) is 4.69. The smallest absolute Gasteiger partial charge is 0.102 e. The average molecular weight is 385 g/mol. The number of nitriles is 1. The number of hydrogen-bond acceptors (Lipinski definition) is 4. The summed E-state index contributed by atoms with van der Waals surface area (Å²) >= 11 is 0. The zero-order valence-corrected chi connectivity index (χ0v) is 17.5. The van der Waals surface area contributed by atoms with Gasteiger partial charge in [-0.2, -0.15) is 5.26 Å². The second-order valence-electron chi connectivity index (χ2n) is 8.32. The first-order chi connectivity index (χ1) is 14.1. The monoisotopic (exact) mass is 384 g/mol. The summed E-state index contributed by atoms with van der Waals surface area (Å²) in [6.07, 6.45) is 0.803. The molecule has 0 aliphatic carbocycles. The van der Waals surface area contributed by atoms with Crippen molar-refractivity contribution >= 4 is 16.6 Å². The fourth-order valence-corrected chi connectivity index (χ4v) is 4.10. The first kappa shape index (κ1) is 19.4. The van der Waals surface area contributed by atoms with Crippen molar-refractivity contribution in [3.05, 3.63) is 59.3 Å². The Labute approximate surface area is 173 Å². The maximum Gasteiger partial charge on any atom is 0.102 e. The minimum atomic E-state index is 0.443. The number of hydrogen-bond donors (Lipinski definition) is 1. The number of fused-ring (bicyclic) bond motifs is 1. The lowest BCUT2D eigenvalue weighted by Gasteiger charge is -2.30. The van der Waals surface area contributed by atoms with E-state index in [0.717, 1.165) is 60.3 Å². The molecule has 0 radical (unpaired) electrons. The molecule has 0 spiro atoms. The second-order valence-corrected chi connectivity index (χ2v) is 8.32. The van der Waals surface area contributed by atoms with Crippen LogP contribution in [-0.4, -0.2) is 31.2 Å². The van der Waals surface area contributed by atoms with Crippen molar-refractivity contribution in [2.24, 2.45) is 5.92 Å². The highest BCUT2D eigenvalue weighted by atomic mass is 15.2. The van der Waals surface area contributed by atoms with Gasteiger partial charge in [-0.25, -0.2) is 0 Å². The van der Waals surface area contributed by atoms with E-state index in [1.54, 1.807) is 0 Å². The number of benzene rings is 2. The van der Waals surface area contributed by atoms with E-state index in [1.165, 1.54) is 11.3 Å². The molecule has 4 rings (SSSR count). The van der Waals surface area contributed by atoms with Crippen molar-refractivity contribution in [1.29, 1.82) is 5.26 Å². The van der Waals surface area contributed by atoms with Crippen molar-refractivity contribution in [3.63, 3.8) is 0 Å². The van der Waals surface area contributed by atoms with Crippen LogP contribution in [0.15, 0.2) is 42.5 Å². The lowest BCUT2D eigenvalue weighted by Crippen LogP contribution is -2.43. The topological polar surface area (TPSA) is 52.0 Å². The van der Waals surface area contributed by atoms with Gasteiger partial charge in [-0.15, -0.1) is 0 Å². The molecule has 0 atom stereocenters. The van der Waals surface area contributed by atoms with Gasteiger partial charge < -0.3 is 10.2 Å². The maximum atomic E-state index is 10.1.